The van der Waals surface area contributed by atoms with E-state index < -0.39 is 0 Å². The molecule has 0 aliphatic carbocycles. The first kappa shape index (κ1) is 21.1. The molecular weight excluding hydrogens is 406 g/mol. The minimum Gasteiger partial charge on any atom is -0.484 e. The molecule has 0 atom stereocenters. The lowest BCUT2D eigenvalue weighted by atomic mass is 10.1. The molecule has 0 saturated heterocycles. The molecule has 0 radical (unpaired) electrons. The number of amides is 1. The average Bonchev–Trinajstić information content (AvgIpc) is 3.15. The lowest BCUT2D eigenvalue weighted by Crippen LogP contribution is -2.34. The van der Waals surface area contributed by atoms with E-state index in [2.05, 4.69) is 10.1 Å². The highest BCUT2D eigenvalue weighted by Crippen LogP contribution is 2.24. The Hall–Kier alpha value is -4.13. The second-order valence-corrected chi connectivity index (χ2v) is 7.15. The van der Waals surface area contributed by atoms with Gasteiger partial charge in [0.05, 0.1) is 12.2 Å². The molecule has 2 aromatic heterocycles. The number of ether oxygens (including phenoxy) is 2. The van der Waals surface area contributed by atoms with Crippen molar-refractivity contribution in [1.29, 1.82) is 0 Å². The first-order valence-corrected chi connectivity index (χ1v) is 10.2. The fourth-order valence-electron chi connectivity index (χ4n) is 3.17. The van der Waals surface area contributed by atoms with E-state index in [1.54, 1.807) is 41.4 Å². The van der Waals surface area contributed by atoms with Crippen LogP contribution in [0.3, 0.4) is 0 Å². The van der Waals surface area contributed by atoms with E-state index in [0.717, 1.165) is 16.9 Å². The molecule has 0 aliphatic heterocycles. The van der Waals surface area contributed by atoms with Gasteiger partial charge in [0.15, 0.2) is 6.61 Å². The molecule has 32 heavy (non-hydrogen) atoms. The molecule has 2 aromatic carbocycles. The molecule has 4 aromatic rings. The van der Waals surface area contributed by atoms with Crippen LogP contribution in [0.5, 0.6) is 17.4 Å². The van der Waals surface area contributed by atoms with Crippen LogP contribution in [0.1, 0.15) is 17.0 Å². The molecule has 4 rings (SSSR count). The van der Waals surface area contributed by atoms with E-state index in [9.17, 15) is 4.79 Å². The zero-order chi connectivity index (χ0) is 22.3. The summed E-state index contributed by atoms with van der Waals surface area (Å²) >= 11 is 0. The van der Waals surface area contributed by atoms with Crippen LogP contribution in [0, 0.1) is 13.8 Å². The summed E-state index contributed by atoms with van der Waals surface area (Å²) in [6.45, 7) is 3.95. The Kier molecular flexibility index (Phi) is 6.46. The van der Waals surface area contributed by atoms with Gasteiger partial charge in [-0.15, -0.1) is 0 Å². The number of para-hydroxylation sites is 1. The van der Waals surface area contributed by atoms with Crippen molar-refractivity contribution in [3.05, 3.63) is 96.0 Å². The molecule has 1 amide bonds. The quantitative estimate of drug-likeness (QED) is 0.388. The largest absolute Gasteiger partial charge is 0.484 e. The molecule has 0 bridgehead atoms. The molecule has 0 aliphatic rings. The maximum absolute atomic E-state index is 13.1. The van der Waals surface area contributed by atoms with Gasteiger partial charge in [-0.1, -0.05) is 29.4 Å². The summed E-state index contributed by atoms with van der Waals surface area (Å²) in [7, 11) is 0. The molecule has 0 saturated carbocycles. The number of aromatic nitrogens is 2. The smallest absolute Gasteiger partial charge is 0.265 e. The molecule has 7 nitrogen and oxygen atoms in total. The lowest BCUT2D eigenvalue weighted by molar-refractivity contribution is -0.120. The van der Waals surface area contributed by atoms with Crippen LogP contribution in [0.2, 0.25) is 0 Å². The van der Waals surface area contributed by atoms with Crippen LogP contribution in [0.15, 0.2) is 83.5 Å². The van der Waals surface area contributed by atoms with Gasteiger partial charge in [0.25, 0.3) is 5.91 Å². The first-order valence-electron chi connectivity index (χ1n) is 10.2. The Balaban J connectivity index is 1.43. The van der Waals surface area contributed by atoms with Crippen LogP contribution in [0.25, 0.3) is 0 Å². The van der Waals surface area contributed by atoms with E-state index in [0.29, 0.717) is 29.7 Å². The maximum atomic E-state index is 13.1. The highest BCUT2D eigenvalue weighted by molar-refractivity contribution is 5.94. The van der Waals surface area contributed by atoms with Gasteiger partial charge in [-0.3, -0.25) is 4.79 Å². The normalized spacial score (nSPS) is 10.6. The van der Waals surface area contributed by atoms with Crippen LogP contribution in [0.4, 0.5) is 5.69 Å². The van der Waals surface area contributed by atoms with E-state index in [4.69, 9.17) is 14.0 Å². The minimum absolute atomic E-state index is 0.112. The Bertz CT molecular complexity index is 1140. The third kappa shape index (κ3) is 5.13. The number of nitrogens with zero attached hydrogens (tertiary/aromatic N) is 3. The maximum Gasteiger partial charge on any atom is 0.265 e. The predicted molar refractivity (Wildman–Crippen MR) is 120 cm³/mol. The van der Waals surface area contributed by atoms with Crippen LogP contribution in [-0.2, 0) is 11.3 Å². The standard InChI is InChI=1S/C25H23N3O4/c1-18-23(19(2)32-27-18)16-28(20-8-4-3-5-9-20)25(29)17-30-21-11-13-22(14-12-21)31-24-10-6-7-15-26-24/h3-15H,16-17H2,1-2H3. The van der Waals surface area contributed by atoms with Crippen molar-refractivity contribution in [2.24, 2.45) is 0 Å². The highest BCUT2D eigenvalue weighted by atomic mass is 16.5. The van der Waals surface area contributed by atoms with Gasteiger partial charge in [0, 0.05) is 23.5 Å². The van der Waals surface area contributed by atoms with E-state index in [-0.39, 0.29) is 12.5 Å². The molecule has 7 heteroatoms. The molecule has 162 valence electrons. The molecular formula is C25H23N3O4. The summed E-state index contributed by atoms with van der Waals surface area (Å²) in [4.78, 5) is 18.9. The van der Waals surface area contributed by atoms with Gasteiger partial charge in [-0.2, -0.15) is 0 Å². The van der Waals surface area contributed by atoms with Crippen molar-refractivity contribution in [3.63, 3.8) is 0 Å². The fourth-order valence-corrected chi connectivity index (χ4v) is 3.17. The van der Waals surface area contributed by atoms with Gasteiger partial charge in [0.1, 0.15) is 17.3 Å². The minimum atomic E-state index is -0.176. The Morgan fingerprint density at radius 1 is 0.938 bits per heavy atom. The van der Waals surface area contributed by atoms with Crippen molar-refractivity contribution in [3.8, 4) is 17.4 Å². The fraction of sp³-hybridized carbons (Fsp3) is 0.160. The second-order valence-electron chi connectivity index (χ2n) is 7.15. The van der Waals surface area contributed by atoms with Gasteiger partial charge in [-0.05, 0) is 56.3 Å². The van der Waals surface area contributed by atoms with Crippen molar-refractivity contribution < 1.29 is 18.8 Å². The summed E-state index contributed by atoms with van der Waals surface area (Å²) in [5, 5.41) is 3.99. The monoisotopic (exact) mass is 429 g/mol. The topological polar surface area (TPSA) is 77.7 Å². The number of hydrogen-bond acceptors (Lipinski definition) is 6. The van der Waals surface area contributed by atoms with Crippen LogP contribution < -0.4 is 14.4 Å². The number of pyridine rings is 1. The second kappa shape index (κ2) is 9.78. The van der Waals surface area contributed by atoms with E-state index >= 15 is 0 Å². The van der Waals surface area contributed by atoms with Crippen molar-refractivity contribution in [2.75, 3.05) is 11.5 Å². The predicted octanol–water partition coefficient (Wildman–Crippen LogP) is 5.09. The van der Waals surface area contributed by atoms with Crippen molar-refractivity contribution >= 4 is 11.6 Å². The van der Waals surface area contributed by atoms with Crippen molar-refractivity contribution in [2.45, 2.75) is 20.4 Å². The van der Waals surface area contributed by atoms with Gasteiger partial charge in [0.2, 0.25) is 5.88 Å². The zero-order valence-electron chi connectivity index (χ0n) is 17.9. The molecule has 2 heterocycles. The van der Waals surface area contributed by atoms with Crippen LogP contribution >= 0.6 is 0 Å². The summed E-state index contributed by atoms with van der Waals surface area (Å²) in [6, 6.07) is 22.0. The summed E-state index contributed by atoms with van der Waals surface area (Å²) in [6.07, 6.45) is 1.67. The number of benzene rings is 2. The van der Waals surface area contributed by atoms with Gasteiger partial charge in [-0.25, -0.2) is 4.98 Å². The lowest BCUT2D eigenvalue weighted by Gasteiger charge is -2.23. The van der Waals surface area contributed by atoms with Crippen LogP contribution in [-0.4, -0.2) is 22.7 Å². The Labute approximate surface area is 186 Å². The van der Waals surface area contributed by atoms with Crippen molar-refractivity contribution in [1.82, 2.24) is 10.1 Å². The third-order valence-electron chi connectivity index (χ3n) is 4.91. The van der Waals surface area contributed by atoms with E-state index in [1.165, 1.54) is 0 Å². The number of anilines is 1. The van der Waals surface area contributed by atoms with Gasteiger partial charge >= 0.3 is 0 Å². The van der Waals surface area contributed by atoms with Gasteiger partial charge < -0.3 is 18.9 Å². The first-order chi connectivity index (χ1) is 15.6. The van der Waals surface area contributed by atoms with E-state index in [1.807, 2.05) is 56.3 Å². The number of hydrogen-bond donors (Lipinski definition) is 0. The molecule has 0 unspecified atom stereocenters. The molecule has 0 N–H and O–H groups in total. The molecule has 0 spiro atoms. The number of aryl methyl sites for hydroxylation is 2. The number of rotatable bonds is 8. The molecule has 0 fully saturated rings. The zero-order valence-corrected chi connectivity index (χ0v) is 17.9. The Morgan fingerprint density at radius 3 is 2.31 bits per heavy atom. The summed E-state index contributed by atoms with van der Waals surface area (Å²) in [5.41, 5.74) is 2.43. The number of carbonyl (C=O) groups is 1. The average molecular weight is 429 g/mol. The summed E-state index contributed by atoms with van der Waals surface area (Å²) < 4.78 is 16.7. The SMILES string of the molecule is Cc1noc(C)c1CN(C(=O)COc1ccc(Oc2ccccn2)cc1)c1ccccc1. The summed E-state index contributed by atoms with van der Waals surface area (Å²) in [5.74, 6) is 2.23. The number of carbonyl (C=O) groups excluding carboxylic acids is 1. The third-order valence-corrected chi connectivity index (χ3v) is 4.91. The highest BCUT2D eigenvalue weighted by Gasteiger charge is 2.21. The Morgan fingerprint density at radius 2 is 1.66 bits per heavy atom.